The Kier molecular flexibility index (Phi) is 14.8. The maximum absolute atomic E-state index is 11.3. The molecule has 5 nitrogen and oxygen atoms in total. The van der Waals surface area contributed by atoms with Gasteiger partial charge in [-0.05, 0) is 25.7 Å². The Morgan fingerprint density at radius 1 is 0.560 bits per heavy atom. The molecule has 152 valence electrons. The smallest absolute Gasteiger partial charge is 0.338 e. The summed E-state index contributed by atoms with van der Waals surface area (Å²) < 4.78 is 23.8. The lowest BCUT2D eigenvalue weighted by atomic mass is 10.1. The van der Waals surface area contributed by atoms with Gasteiger partial charge in [0.2, 0.25) is 0 Å². The molecule has 0 amide bonds. The van der Waals surface area contributed by atoms with Crippen molar-refractivity contribution in [2.45, 2.75) is 104 Å². The van der Waals surface area contributed by atoms with E-state index in [1.54, 1.807) is 0 Å². The van der Waals surface area contributed by atoms with Crippen LogP contribution in [0.3, 0.4) is 0 Å². The van der Waals surface area contributed by atoms with Crippen molar-refractivity contribution in [2.24, 2.45) is 0 Å². The maximum atomic E-state index is 11.3. The molecule has 0 spiro atoms. The zero-order valence-electron chi connectivity index (χ0n) is 17.3. The summed E-state index contributed by atoms with van der Waals surface area (Å²) in [4.78, 5) is 0. The third-order valence-electron chi connectivity index (χ3n) is 4.20. The lowest BCUT2D eigenvalue weighted by Gasteiger charge is -2.44. The van der Waals surface area contributed by atoms with Crippen LogP contribution in [0.4, 0.5) is 0 Å². The molecule has 0 aromatic carbocycles. The van der Waals surface area contributed by atoms with Gasteiger partial charge < -0.3 is 24.1 Å². The quantitative estimate of drug-likeness (QED) is 0.274. The number of hydrogen-bond acceptors (Lipinski definition) is 5. The van der Waals surface area contributed by atoms with Crippen LogP contribution in [0.1, 0.15) is 92.4 Å². The van der Waals surface area contributed by atoms with Gasteiger partial charge in [-0.2, -0.15) is 0 Å². The highest BCUT2D eigenvalue weighted by Crippen LogP contribution is 2.35. The zero-order chi connectivity index (χ0) is 19.0. The largest absolute Gasteiger partial charge is 0.343 e. The van der Waals surface area contributed by atoms with Crippen molar-refractivity contribution in [2.75, 3.05) is 26.4 Å². The number of unbranched alkanes of at least 4 members (excludes halogenated alkanes) is 4. The normalized spacial score (nSPS) is 12.7. The molecular weight excluding hydrogens is 320 g/mol. The number of hydrogen-bond donors (Lipinski definition) is 1. The van der Waals surface area contributed by atoms with Gasteiger partial charge in [0.15, 0.2) is 0 Å². The molecular formula is C20H42O5. The zero-order valence-corrected chi connectivity index (χ0v) is 17.3. The van der Waals surface area contributed by atoms with Crippen molar-refractivity contribution in [1.29, 1.82) is 0 Å². The Balaban J connectivity index is 5.32. The monoisotopic (exact) mass is 362 g/mol. The second-order valence-electron chi connectivity index (χ2n) is 6.50. The second kappa shape index (κ2) is 14.9. The Morgan fingerprint density at radius 2 is 0.880 bits per heavy atom. The van der Waals surface area contributed by atoms with Gasteiger partial charge in [0, 0.05) is 6.42 Å². The first kappa shape index (κ1) is 24.8. The molecule has 25 heavy (non-hydrogen) atoms. The predicted molar refractivity (Wildman–Crippen MR) is 101 cm³/mol. The van der Waals surface area contributed by atoms with Crippen LogP contribution in [0.15, 0.2) is 0 Å². The van der Waals surface area contributed by atoms with Crippen molar-refractivity contribution < 1.29 is 24.1 Å². The molecule has 0 heterocycles. The minimum absolute atomic E-state index is 0.412. The summed E-state index contributed by atoms with van der Waals surface area (Å²) in [5.74, 6) is -3.17. The Labute approximate surface area is 155 Å². The van der Waals surface area contributed by atoms with Crippen molar-refractivity contribution in [3.8, 4) is 0 Å². The van der Waals surface area contributed by atoms with Crippen LogP contribution < -0.4 is 0 Å². The molecule has 0 aliphatic rings. The van der Waals surface area contributed by atoms with Crippen LogP contribution in [0.2, 0.25) is 0 Å². The van der Waals surface area contributed by atoms with Gasteiger partial charge in [-0.25, -0.2) is 0 Å². The molecule has 0 radical (unpaired) electrons. The van der Waals surface area contributed by atoms with Crippen LogP contribution in [0.5, 0.6) is 0 Å². The van der Waals surface area contributed by atoms with E-state index in [9.17, 15) is 5.11 Å². The van der Waals surface area contributed by atoms with E-state index in [1.165, 1.54) is 0 Å². The molecule has 1 N–H and O–H groups in total. The third kappa shape index (κ3) is 8.83. The first-order valence-electron chi connectivity index (χ1n) is 10.3. The molecule has 0 bridgehead atoms. The first-order valence-corrected chi connectivity index (χ1v) is 10.3. The molecule has 0 aliphatic carbocycles. The molecule has 0 atom stereocenters. The Morgan fingerprint density at radius 3 is 1.16 bits per heavy atom. The van der Waals surface area contributed by atoms with Crippen LogP contribution in [0, 0.1) is 0 Å². The van der Waals surface area contributed by atoms with Crippen molar-refractivity contribution in [3.05, 3.63) is 0 Å². The number of aliphatic hydroxyl groups is 1. The molecule has 5 heteroatoms. The maximum Gasteiger partial charge on any atom is 0.338 e. The van der Waals surface area contributed by atoms with Crippen LogP contribution in [-0.2, 0) is 18.9 Å². The van der Waals surface area contributed by atoms with E-state index < -0.39 is 11.8 Å². The van der Waals surface area contributed by atoms with Gasteiger partial charge >= 0.3 is 5.97 Å². The number of ether oxygens (including phenoxy) is 4. The SMILES string of the molecule is CCCCOC(O)(OCCCC)C(CC)(OCCCC)OCCCC. The van der Waals surface area contributed by atoms with Crippen molar-refractivity contribution in [1.82, 2.24) is 0 Å². The molecule has 0 rings (SSSR count). The molecule has 0 fully saturated rings. The first-order chi connectivity index (χ1) is 12.1. The van der Waals surface area contributed by atoms with E-state index in [4.69, 9.17) is 18.9 Å². The fourth-order valence-electron chi connectivity index (χ4n) is 2.39. The van der Waals surface area contributed by atoms with Gasteiger partial charge in [0.1, 0.15) is 0 Å². The Bertz CT molecular complexity index is 276. The molecule has 0 aromatic heterocycles. The van der Waals surface area contributed by atoms with Crippen LogP contribution >= 0.6 is 0 Å². The highest BCUT2D eigenvalue weighted by Gasteiger charge is 2.55. The molecule has 0 saturated carbocycles. The second-order valence-corrected chi connectivity index (χ2v) is 6.50. The van der Waals surface area contributed by atoms with Crippen molar-refractivity contribution >= 4 is 0 Å². The van der Waals surface area contributed by atoms with Crippen LogP contribution in [0.25, 0.3) is 0 Å². The van der Waals surface area contributed by atoms with E-state index in [-0.39, 0.29) is 0 Å². The summed E-state index contributed by atoms with van der Waals surface area (Å²) in [5, 5.41) is 11.3. The summed E-state index contributed by atoms with van der Waals surface area (Å²) in [7, 11) is 0. The fourth-order valence-corrected chi connectivity index (χ4v) is 2.39. The molecule has 0 saturated heterocycles. The lowest BCUT2D eigenvalue weighted by Crippen LogP contribution is -2.61. The van der Waals surface area contributed by atoms with Gasteiger partial charge in [-0.1, -0.05) is 60.3 Å². The van der Waals surface area contributed by atoms with E-state index >= 15 is 0 Å². The average Bonchev–Trinajstić information content (AvgIpc) is 2.61. The minimum Gasteiger partial charge on any atom is -0.343 e. The van der Waals surface area contributed by atoms with E-state index in [2.05, 4.69) is 27.7 Å². The summed E-state index contributed by atoms with van der Waals surface area (Å²) in [6.07, 6.45) is 7.95. The average molecular weight is 363 g/mol. The van der Waals surface area contributed by atoms with Crippen molar-refractivity contribution in [3.63, 3.8) is 0 Å². The molecule has 0 unspecified atom stereocenters. The summed E-state index contributed by atoms with van der Waals surface area (Å²) >= 11 is 0. The summed E-state index contributed by atoms with van der Waals surface area (Å²) in [6.45, 7) is 12.2. The summed E-state index contributed by atoms with van der Waals surface area (Å²) in [5.41, 5.74) is 0. The number of rotatable bonds is 18. The van der Waals surface area contributed by atoms with Gasteiger partial charge in [0.25, 0.3) is 5.79 Å². The predicted octanol–water partition coefficient (Wildman–Crippen LogP) is 5.01. The van der Waals surface area contributed by atoms with Gasteiger partial charge in [-0.3, -0.25) is 0 Å². The molecule has 0 aliphatic heterocycles. The summed E-state index contributed by atoms with van der Waals surface area (Å²) in [6, 6.07) is 0. The van der Waals surface area contributed by atoms with Gasteiger partial charge in [-0.15, -0.1) is 0 Å². The molecule has 0 aromatic rings. The van der Waals surface area contributed by atoms with Crippen LogP contribution in [-0.4, -0.2) is 43.3 Å². The highest BCUT2D eigenvalue weighted by molar-refractivity contribution is 4.80. The topological polar surface area (TPSA) is 57.2 Å². The highest BCUT2D eigenvalue weighted by atomic mass is 16.9. The van der Waals surface area contributed by atoms with E-state index in [0.717, 1.165) is 51.4 Å². The van der Waals surface area contributed by atoms with E-state index in [1.807, 2.05) is 6.92 Å². The van der Waals surface area contributed by atoms with E-state index in [0.29, 0.717) is 32.8 Å². The fraction of sp³-hybridized carbons (Fsp3) is 1.00. The Hall–Kier alpha value is -0.200. The lowest BCUT2D eigenvalue weighted by molar-refractivity contribution is -0.488. The minimum atomic E-state index is -1.88. The third-order valence-corrected chi connectivity index (χ3v) is 4.20. The van der Waals surface area contributed by atoms with Gasteiger partial charge in [0.05, 0.1) is 26.4 Å². The standard InChI is InChI=1S/C20H42O5/c1-6-11-15-22-19(10-5,23-16-12-7-2)20(21,24-17-13-8-3)25-18-14-9-4/h21H,6-18H2,1-5H3.